The smallest absolute Gasteiger partial charge is 0.355 e. The zero-order valence-corrected chi connectivity index (χ0v) is 17.4. The first-order valence-corrected chi connectivity index (χ1v) is 8.09. The van der Waals surface area contributed by atoms with Gasteiger partial charge in [-0.25, -0.2) is 9.97 Å². The summed E-state index contributed by atoms with van der Waals surface area (Å²) in [6.07, 6.45) is -3.43. The number of guanidine groups is 1. The Hall–Kier alpha value is -1.82. The van der Waals surface area contributed by atoms with Crippen LogP contribution in [0.1, 0.15) is 11.3 Å². The summed E-state index contributed by atoms with van der Waals surface area (Å²) in [6, 6.07) is 8.22. The fraction of sp³-hybridized carbons (Fsp3) is 0.312. The Morgan fingerprint density at radius 3 is 2.44 bits per heavy atom. The average Bonchev–Trinajstić information content (AvgIpc) is 2.62. The molecule has 11 heteroatoms. The van der Waals surface area contributed by atoms with Gasteiger partial charge in [-0.1, -0.05) is 23.7 Å². The quantitative estimate of drug-likeness (QED) is 0.238. The molecule has 148 valence electrons. The van der Waals surface area contributed by atoms with Crippen LogP contribution in [0.15, 0.2) is 41.5 Å². The van der Waals surface area contributed by atoms with E-state index in [4.69, 9.17) is 11.6 Å². The molecule has 1 heterocycles. The summed E-state index contributed by atoms with van der Waals surface area (Å²) in [5.74, 6) is 0.484. The van der Waals surface area contributed by atoms with Crippen molar-refractivity contribution in [1.82, 2.24) is 20.6 Å². The van der Waals surface area contributed by atoms with Crippen molar-refractivity contribution in [2.24, 2.45) is 4.99 Å². The second-order valence-corrected chi connectivity index (χ2v) is 5.61. The van der Waals surface area contributed by atoms with Gasteiger partial charge in [-0.15, -0.1) is 24.0 Å². The molecule has 0 amide bonds. The van der Waals surface area contributed by atoms with Gasteiger partial charge in [-0.05, 0) is 23.8 Å². The van der Waals surface area contributed by atoms with Gasteiger partial charge in [0.2, 0.25) is 5.95 Å². The predicted octanol–water partition coefficient (Wildman–Crippen LogP) is 3.54. The van der Waals surface area contributed by atoms with E-state index >= 15 is 0 Å². The van der Waals surface area contributed by atoms with E-state index in [9.17, 15) is 13.2 Å². The Morgan fingerprint density at radius 1 is 1.11 bits per heavy atom. The van der Waals surface area contributed by atoms with Crippen molar-refractivity contribution in [3.05, 3.63) is 52.8 Å². The highest BCUT2D eigenvalue weighted by molar-refractivity contribution is 14.0. The van der Waals surface area contributed by atoms with E-state index in [2.05, 4.69) is 30.9 Å². The van der Waals surface area contributed by atoms with Crippen molar-refractivity contribution >= 4 is 47.5 Å². The molecule has 0 spiro atoms. The minimum Gasteiger partial charge on any atom is -0.355 e. The average molecular weight is 515 g/mol. The number of halogens is 5. The number of hydrogen-bond acceptors (Lipinski definition) is 4. The van der Waals surface area contributed by atoms with Gasteiger partial charge in [0, 0.05) is 37.9 Å². The normalized spacial score (nSPS) is 11.5. The summed E-state index contributed by atoms with van der Waals surface area (Å²) in [5, 5.41) is 9.56. The number of nitrogens with zero attached hydrogens (tertiary/aromatic N) is 3. The Kier molecular flexibility index (Phi) is 9.56. The fourth-order valence-corrected chi connectivity index (χ4v) is 2.09. The maximum atomic E-state index is 12.6. The van der Waals surface area contributed by atoms with Gasteiger partial charge in [0.1, 0.15) is 5.69 Å². The third-order valence-corrected chi connectivity index (χ3v) is 3.50. The molecular weight excluding hydrogens is 496 g/mol. The molecule has 0 bridgehead atoms. The number of alkyl halides is 3. The zero-order chi connectivity index (χ0) is 19.0. The highest BCUT2D eigenvalue weighted by Crippen LogP contribution is 2.27. The molecule has 2 aromatic rings. The molecule has 0 aliphatic carbocycles. The lowest BCUT2D eigenvalue weighted by molar-refractivity contribution is -0.141. The van der Waals surface area contributed by atoms with E-state index in [1.54, 1.807) is 19.2 Å². The molecule has 27 heavy (non-hydrogen) atoms. The Morgan fingerprint density at radius 2 is 1.81 bits per heavy atom. The summed E-state index contributed by atoms with van der Waals surface area (Å²) in [6.45, 7) is 1.30. The van der Waals surface area contributed by atoms with Crippen LogP contribution in [-0.2, 0) is 12.7 Å². The van der Waals surface area contributed by atoms with E-state index in [0.29, 0.717) is 30.6 Å². The maximum Gasteiger partial charge on any atom is 0.433 e. The number of aliphatic imine (C=N–C) groups is 1. The molecule has 0 radical (unpaired) electrons. The van der Waals surface area contributed by atoms with E-state index in [-0.39, 0.29) is 29.9 Å². The molecule has 0 atom stereocenters. The lowest BCUT2D eigenvalue weighted by Gasteiger charge is -2.13. The molecule has 0 aliphatic rings. The predicted molar refractivity (Wildman–Crippen MR) is 111 cm³/mol. The first kappa shape index (κ1) is 23.2. The van der Waals surface area contributed by atoms with Crippen LogP contribution in [0.4, 0.5) is 19.1 Å². The number of hydrogen-bond donors (Lipinski definition) is 3. The van der Waals surface area contributed by atoms with Crippen molar-refractivity contribution in [2.45, 2.75) is 12.7 Å². The number of rotatable bonds is 6. The van der Waals surface area contributed by atoms with Crippen LogP contribution in [0.3, 0.4) is 0 Å². The summed E-state index contributed by atoms with van der Waals surface area (Å²) in [4.78, 5) is 11.3. The standard InChI is InChI=1S/C16H18ClF3N6.HI/c1-21-14(25-10-11-2-4-12(17)5-3-11)23-8-9-24-15-22-7-6-13(26-15)16(18,19)20;/h2-7H,8-10H2,1H3,(H2,21,23,25)(H,22,24,26);1H. The summed E-state index contributed by atoms with van der Waals surface area (Å²) < 4.78 is 37.8. The molecule has 2 rings (SSSR count). The number of anilines is 1. The van der Waals surface area contributed by atoms with Gasteiger partial charge in [0.05, 0.1) is 0 Å². The minimum atomic E-state index is -4.49. The molecule has 3 N–H and O–H groups in total. The van der Waals surface area contributed by atoms with E-state index in [0.717, 1.165) is 17.8 Å². The SMILES string of the molecule is CN=C(NCCNc1nccc(C(F)(F)F)n1)NCc1ccc(Cl)cc1.I. The third-order valence-electron chi connectivity index (χ3n) is 3.24. The number of nitrogens with one attached hydrogen (secondary N) is 3. The fourth-order valence-electron chi connectivity index (χ4n) is 1.97. The number of aromatic nitrogens is 2. The Bertz CT molecular complexity index is 740. The first-order chi connectivity index (χ1) is 12.4. The Labute approximate surface area is 177 Å². The van der Waals surface area contributed by atoms with E-state index in [1.165, 1.54) is 0 Å². The molecule has 0 aliphatic heterocycles. The lowest BCUT2D eigenvalue weighted by Crippen LogP contribution is -2.39. The van der Waals surface area contributed by atoms with Crippen molar-refractivity contribution in [3.8, 4) is 0 Å². The van der Waals surface area contributed by atoms with Crippen LogP contribution in [0.25, 0.3) is 0 Å². The van der Waals surface area contributed by atoms with Gasteiger partial charge in [-0.2, -0.15) is 13.2 Å². The van der Waals surface area contributed by atoms with Crippen LogP contribution in [0.5, 0.6) is 0 Å². The first-order valence-electron chi connectivity index (χ1n) is 7.71. The second-order valence-electron chi connectivity index (χ2n) is 5.17. The highest BCUT2D eigenvalue weighted by atomic mass is 127. The molecule has 1 aromatic carbocycles. The lowest BCUT2D eigenvalue weighted by atomic mass is 10.2. The van der Waals surface area contributed by atoms with Crippen LogP contribution in [0, 0.1) is 0 Å². The molecule has 6 nitrogen and oxygen atoms in total. The molecule has 0 saturated heterocycles. The van der Waals surface area contributed by atoms with Crippen molar-refractivity contribution in [3.63, 3.8) is 0 Å². The summed E-state index contributed by atoms with van der Waals surface area (Å²) >= 11 is 5.84. The van der Waals surface area contributed by atoms with Gasteiger partial charge in [-0.3, -0.25) is 4.99 Å². The van der Waals surface area contributed by atoms with Gasteiger partial charge in [0.15, 0.2) is 5.96 Å². The van der Waals surface area contributed by atoms with E-state index in [1.807, 2.05) is 12.1 Å². The third kappa shape index (κ3) is 8.16. The molecule has 1 aromatic heterocycles. The molecular formula is C16H19ClF3IN6. The van der Waals surface area contributed by atoms with Gasteiger partial charge in [0.25, 0.3) is 0 Å². The van der Waals surface area contributed by atoms with Gasteiger partial charge >= 0.3 is 6.18 Å². The largest absolute Gasteiger partial charge is 0.433 e. The van der Waals surface area contributed by atoms with E-state index < -0.39 is 11.9 Å². The van der Waals surface area contributed by atoms with Crippen molar-refractivity contribution in [1.29, 1.82) is 0 Å². The summed E-state index contributed by atoms with van der Waals surface area (Å²) in [5.41, 5.74) is 0.0521. The van der Waals surface area contributed by atoms with Crippen molar-refractivity contribution in [2.75, 3.05) is 25.5 Å². The van der Waals surface area contributed by atoms with Crippen LogP contribution in [0.2, 0.25) is 5.02 Å². The molecule has 0 unspecified atom stereocenters. The zero-order valence-electron chi connectivity index (χ0n) is 14.3. The van der Waals surface area contributed by atoms with Crippen LogP contribution < -0.4 is 16.0 Å². The van der Waals surface area contributed by atoms with Crippen molar-refractivity contribution < 1.29 is 13.2 Å². The molecule has 0 fully saturated rings. The second kappa shape index (κ2) is 11.1. The maximum absolute atomic E-state index is 12.6. The molecule has 0 saturated carbocycles. The monoisotopic (exact) mass is 514 g/mol. The topological polar surface area (TPSA) is 74.2 Å². The summed E-state index contributed by atoms with van der Waals surface area (Å²) in [7, 11) is 1.63. The Balaban J connectivity index is 0.00000364. The van der Waals surface area contributed by atoms with Crippen LogP contribution >= 0.6 is 35.6 Å². The highest BCUT2D eigenvalue weighted by Gasteiger charge is 2.32. The number of benzene rings is 1. The van der Waals surface area contributed by atoms with Crippen LogP contribution in [-0.4, -0.2) is 36.1 Å². The van der Waals surface area contributed by atoms with Gasteiger partial charge < -0.3 is 16.0 Å². The minimum absolute atomic E-state index is 0.